The monoisotopic (exact) mass is 308 g/mol. The topological polar surface area (TPSA) is 70.0 Å². The maximum absolute atomic E-state index is 5.81. The Morgan fingerprint density at radius 3 is 2.33 bits per heavy atom. The number of ether oxygens (including phenoxy) is 2. The molecule has 0 saturated heterocycles. The van der Waals surface area contributed by atoms with Crippen LogP contribution < -0.4 is 9.47 Å². The second kappa shape index (κ2) is 8.36. The zero-order chi connectivity index (χ0) is 14.9. The minimum Gasteiger partial charge on any atom is -0.463 e. The van der Waals surface area contributed by atoms with Crippen LogP contribution in [0.15, 0.2) is 24.5 Å². The van der Waals surface area contributed by atoms with Crippen molar-refractivity contribution in [1.82, 2.24) is 19.9 Å². The van der Waals surface area contributed by atoms with Crippen molar-refractivity contribution in [2.24, 2.45) is 0 Å². The molecule has 0 unspecified atom stereocenters. The first-order valence-corrected chi connectivity index (χ1v) is 7.22. The van der Waals surface area contributed by atoms with E-state index in [2.05, 4.69) is 19.9 Å². The predicted molar refractivity (Wildman–Crippen MR) is 78.7 cm³/mol. The fourth-order valence-corrected chi connectivity index (χ4v) is 1.77. The molecule has 0 aliphatic carbocycles. The summed E-state index contributed by atoms with van der Waals surface area (Å²) in [5, 5.41) is 0.0697. The van der Waals surface area contributed by atoms with Crippen molar-refractivity contribution < 1.29 is 9.47 Å². The first-order chi connectivity index (χ1) is 10.3. The Hall–Kier alpha value is -1.95. The Labute approximate surface area is 128 Å². The summed E-state index contributed by atoms with van der Waals surface area (Å²) in [5.74, 6) is 0. The smallest absolute Gasteiger partial charge is 0.323 e. The number of rotatable bonds is 8. The van der Waals surface area contributed by atoms with Gasteiger partial charge in [-0.25, -0.2) is 0 Å². The molecule has 0 atom stereocenters. The molecule has 2 aromatic rings. The van der Waals surface area contributed by atoms with Crippen LogP contribution in [0.1, 0.15) is 25.3 Å². The lowest BCUT2D eigenvalue weighted by Crippen LogP contribution is -2.06. The lowest BCUT2D eigenvalue weighted by molar-refractivity contribution is 0.259. The maximum Gasteiger partial charge on any atom is 0.323 e. The third kappa shape index (κ3) is 5.51. The highest BCUT2D eigenvalue weighted by molar-refractivity contribution is 6.28. The van der Waals surface area contributed by atoms with Gasteiger partial charge in [0, 0.05) is 12.4 Å². The Balaban J connectivity index is 1.81. The SMILES string of the molecule is CCCOc1nc(Cl)nc(OCCCc2ccncc2)n1. The number of hydrogen-bond donors (Lipinski definition) is 0. The van der Waals surface area contributed by atoms with E-state index in [1.807, 2.05) is 19.1 Å². The van der Waals surface area contributed by atoms with Gasteiger partial charge in [-0.05, 0) is 48.6 Å². The molecule has 0 spiro atoms. The molecule has 21 heavy (non-hydrogen) atoms. The molecular formula is C14H17ClN4O2. The van der Waals surface area contributed by atoms with Crippen LogP contribution in [0.5, 0.6) is 12.0 Å². The third-order valence-electron chi connectivity index (χ3n) is 2.59. The maximum atomic E-state index is 5.81. The number of hydrogen-bond acceptors (Lipinski definition) is 6. The van der Waals surface area contributed by atoms with Gasteiger partial charge in [-0.1, -0.05) is 6.92 Å². The Morgan fingerprint density at radius 1 is 1.00 bits per heavy atom. The van der Waals surface area contributed by atoms with Crippen LogP contribution >= 0.6 is 11.6 Å². The average Bonchev–Trinajstić information content (AvgIpc) is 2.50. The minimum absolute atomic E-state index is 0.0697. The van der Waals surface area contributed by atoms with E-state index < -0.39 is 0 Å². The van der Waals surface area contributed by atoms with Crippen LogP contribution in [0.4, 0.5) is 0 Å². The van der Waals surface area contributed by atoms with Crippen molar-refractivity contribution in [2.45, 2.75) is 26.2 Å². The lowest BCUT2D eigenvalue weighted by Gasteiger charge is -2.07. The summed E-state index contributed by atoms with van der Waals surface area (Å²) in [4.78, 5) is 15.8. The molecule has 0 aliphatic rings. The van der Waals surface area contributed by atoms with Crippen molar-refractivity contribution in [3.63, 3.8) is 0 Å². The van der Waals surface area contributed by atoms with Crippen LogP contribution in [-0.4, -0.2) is 33.1 Å². The summed E-state index contributed by atoms with van der Waals surface area (Å²) in [7, 11) is 0. The van der Waals surface area contributed by atoms with Crippen LogP contribution in [0.3, 0.4) is 0 Å². The standard InChI is InChI=1S/C14H17ClN4O2/c1-2-9-20-13-17-12(15)18-14(19-13)21-10-3-4-11-5-7-16-8-6-11/h5-8H,2-4,9-10H2,1H3. The van der Waals surface area contributed by atoms with Crippen molar-refractivity contribution in [2.75, 3.05) is 13.2 Å². The van der Waals surface area contributed by atoms with Crippen LogP contribution in [-0.2, 0) is 6.42 Å². The Morgan fingerprint density at radius 2 is 1.67 bits per heavy atom. The Kier molecular flexibility index (Phi) is 6.15. The number of aromatic nitrogens is 4. The quantitative estimate of drug-likeness (QED) is 0.698. The molecule has 0 radical (unpaired) electrons. The van der Waals surface area contributed by atoms with E-state index in [9.17, 15) is 0 Å². The highest BCUT2D eigenvalue weighted by Crippen LogP contribution is 2.13. The first kappa shape index (κ1) is 15.4. The van der Waals surface area contributed by atoms with Gasteiger partial charge in [-0.3, -0.25) is 4.98 Å². The minimum atomic E-state index is 0.0697. The van der Waals surface area contributed by atoms with E-state index in [1.165, 1.54) is 5.56 Å². The van der Waals surface area contributed by atoms with Gasteiger partial charge in [0.1, 0.15) is 0 Å². The molecule has 2 aromatic heterocycles. The van der Waals surface area contributed by atoms with Gasteiger partial charge < -0.3 is 9.47 Å². The highest BCUT2D eigenvalue weighted by Gasteiger charge is 2.07. The second-order valence-corrected chi connectivity index (χ2v) is 4.66. The molecule has 0 bridgehead atoms. The zero-order valence-corrected chi connectivity index (χ0v) is 12.6. The first-order valence-electron chi connectivity index (χ1n) is 6.84. The normalized spacial score (nSPS) is 10.4. The molecule has 7 heteroatoms. The van der Waals surface area contributed by atoms with Gasteiger partial charge in [0.15, 0.2) is 0 Å². The summed E-state index contributed by atoms with van der Waals surface area (Å²) >= 11 is 5.81. The molecule has 2 heterocycles. The molecule has 0 aromatic carbocycles. The van der Waals surface area contributed by atoms with Crippen LogP contribution in [0, 0.1) is 0 Å². The molecule has 2 rings (SSSR count). The number of halogens is 1. The van der Waals surface area contributed by atoms with Gasteiger partial charge in [0.2, 0.25) is 5.28 Å². The van der Waals surface area contributed by atoms with Gasteiger partial charge in [-0.15, -0.1) is 4.98 Å². The van der Waals surface area contributed by atoms with E-state index in [-0.39, 0.29) is 17.3 Å². The summed E-state index contributed by atoms with van der Waals surface area (Å²) in [6.07, 6.45) is 6.17. The average molecular weight is 309 g/mol. The molecule has 0 fully saturated rings. The van der Waals surface area contributed by atoms with Crippen molar-refractivity contribution >= 4 is 11.6 Å². The van der Waals surface area contributed by atoms with E-state index in [4.69, 9.17) is 21.1 Å². The van der Waals surface area contributed by atoms with Crippen molar-refractivity contribution in [3.8, 4) is 12.0 Å². The second-order valence-electron chi connectivity index (χ2n) is 4.33. The summed E-state index contributed by atoms with van der Waals surface area (Å²) in [6, 6.07) is 4.35. The van der Waals surface area contributed by atoms with Gasteiger partial charge in [0.25, 0.3) is 0 Å². The molecule has 0 N–H and O–H groups in total. The van der Waals surface area contributed by atoms with Crippen molar-refractivity contribution in [3.05, 3.63) is 35.4 Å². The van der Waals surface area contributed by atoms with E-state index in [0.717, 1.165) is 19.3 Å². The van der Waals surface area contributed by atoms with Gasteiger partial charge in [0.05, 0.1) is 13.2 Å². The van der Waals surface area contributed by atoms with E-state index in [1.54, 1.807) is 12.4 Å². The summed E-state index contributed by atoms with van der Waals surface area (Å²) in [5.41, 5.74) is 1.22. The number of pyridine rings is 1. The molecular weight excluding hydrogens is 292 g/mol. The summed E-state index contributed by atoms with van der Waals surface area (Å²) in [6.45, 7) is 3.02. The fraction of sp³-hybridized carbons (Fsp3) is 0.429. The predicted octanol–water partition coefficient (Wildman–Crippen LogP) is 2.72. The molecule has 6 nitrogen and oxygen atoms in total. The molecule has 0 amide bonds. The largest absolute Gasteiger partial charge is 0.463 e. The lowest BCUT2D eigenvalue weighted by atomic mass is 10.1. The van der Waals surface area contributed by atoms with Crippen LogP contribution in [0.2, 0.25) is 5.28 Å². The van der Waals surface area contributed by atoms with E-state index >= 15 is 0 Å². The third-order valence-corrected chi connectivity index (χ3v) is 2.76. The number of aryl methyl sites for hydroxylation is 1. The number of nitrogens with zero attached hydrogens (tertiary/aromatic N) is 4. The van der Waals surface area contributed by atoms with Crippen molar-refractivity contribution in [1.29, 1.82) is 0 Å². The molecule has 0 aliphatic heterocycles. The van der Waals surface area contributed by atoms with Gasteiger partial charge in [-0.2, -0.15) is 9.97 Å². The highest BCUT2D eigenvalue weighted by atomic mass is 35.5. The molecule has 112 valence electrons. The van der Waals surface area contributed by atoms with E-state index in [0.29, 0.717) is 13.2 Å². The van der Waals surface area contributed by atoms with Crippen LogP contribution in [0.25, 0.3) is 0 Å². The zero-order valence-electron chi connectivity index (χ0n) is 11.8. The summed E-state index contributed by atoms with van der Waals surface area (Å²) < 4.78 is 10.8. The molecule has 0 saturated carbocycles. The Bertz CT molecular complexity index is 554. The van der Waals surface area contributed by atoms with Gasteiger partial charge >= 0.3 is 12.0 Å². The fourth-order valence-electron chi connectivity index (χ4n) is 1.63.